The van der Waals surface area contributed by atoms with Crippen LogP contribution in [0.25, 0.3) is 28.4 Å². The summed E-state index contributed by atoms with van der Waals surface area (Å²) in [6, 6.07) is 19.3. The van der Waals surface area contributed by atoms with Crippen LogP contribution in [0.2, 0.25) is 0 Å². The number of rotatable bonds is 6. The number of tetrazole rings is 1. The fourth-order valence-electron chi connectivity index (χ4n) is 5.34. The summed E-state index contributed by atoms with van der Waals surface area (Å²) in [5, 5.41) is 20.5. The Morgan fingerprint density at radius 1 is 1.10 bits per heavy atom. The molecule has 0 spiro atoms. The van der Waals surface area contributed by atoms with Gasteiger partial charge in [-0.25, -0.2) is 14.6 Å². The van der Waals surface area contributed by atoms with Crippen LogP contribution in [0, 0.1) is 0 Å². The number of nitrogens with zero attached hydrogens (tertiary/aromatic N) is 9. The third kappa shape index (κ3) is 4.74. The van der Waals surface area contributed by atoms with Gasteiger partial charge in [-0.3, -0.25) is 9.69 Å². The Labute approximate surface area is 234 Å². The minimum absolute atomic E-state index is 0.117. The number of fused-ring (bicyclic) bond motifs is 2. The van der Waals surface area contributed by atoms with E-state index in [0.29, 0.717) is 40.9 Å². The summed E-state index contributed by atoms with van der Waals surface area (Å²) in [4.78, 5) is 24.5. The molecule has 5 heterocycles. The van der Waals surface area contributed by atoms with Crippen LogP contribution in [0.15, 0.2) is 77.5 Å². The molecular weight excluding hydrogens is 520 g/mol. The van der Waals surface area contributed by atoms with Crippen molar-refractivity contribution in [2.75, 3.05) is 11.9 Å². The van der Waals surface area contributed by atoms with Gasteiger partial charge in [0.1, 0.15) is 5.52 Å². The maximum absolute atomic E-state index is 11.4. The summed E-state index contributed by atoms with van der Waals surface area (Å²) in [5.41, 5.74) is 6.10. The van der Waals surface area contributed by atoms with Crippen LogP contribution in [0.3, 0.4) is 0 Å². The molecule has 1 amide bonds. The lowest BCUT2D eigenvalue weighted by atomic mass is 10.00. The van der Waals surface area contributed by atoms with E-state index in [9.17, 15) is 4.79 Å². The number of nitrogens with one attached hydrogen (secondary N) is 1. The molecule has 1 aliphatic rings. The first-order valence-electron chi connectivity index (χ1n) is 13.3. The normalized spacial score (nSPS) is 14.2. The van der Waals surface area contributed by atoms with Gasteiger partial charge in [0.2, 0.25) is 11.8 Å². The molecule has 1 atom stereocenters. The Morgan fingerprint density at radius 2 is 1.98 bits per heavy atom. The van der Waals surface area contributed by atoms with E-state index in [0.717, 1.165) is 35.3 Å². The predicted molar refractivity (Wildman–Crippen MR) is 150 cm³/mol. The van der Waals surface area contributed by atoms with Crippen molar-refractivity contribution >= 4 is 22.7 Å². The molecule has 204 valence electrons. The van der Waals surface area contributed by atoms with Crippen LogP contribution < -0.4 is 5.32 Å². The second kappa shape index (κ2) is 10.1. The number of carbonyl (C=O) groups excluding carboxylic acids is 1. The van der Waals surface area contributed by atoms with Gasteiger partial charge in [-0.1, -0.05) is 30.3 Å². The van der Waals surface area contributed by atoms with Gasteiger partial charge in [-0.2, -0.15) is 9.90 Å². The van der Waals surface area contributed by atoms with E-state index in [1.807, 2.05) is 41.2 Å². The monoisotopic (exact) mass is 546 g/mol. The van der Waals surface area contributed by atoms with Gasteiger partial charge in [0.15, 0.2) is 17.2 Å². The lowest BCUT2D eigenvalue weighted by Crippen LogP contribution is -2.35. The van der Waals surface area contributed by atoms with Gasteiger partial charge in [0.25, 0.3) is 0 Å². The van der Waals surface area contributed by atoms with E-state index in [4.69, 9.17) is 9.52 Å². The van der Waals surface area contributed by atoms with Crippen molar-refractivity contribution in [3.8, 4) is 17.3 Å². The van der Waals surface area contributed by atoms with E-state index in [1.54, 1.807) is 31.4 Å². The summed E-state index contributed by atoms with van der Waals surface area (Å²) < 4.78 is 7.91. The van der Waals surface area contributed by atoms with Crippen molar-refractivity contribution in [1.29, 1.82) is 0 Å². The molecule has 0 saturated carbocycles. The summed E-state index contributed by atoms with van der Waals surface area (Å²) >= 11 is 0. The number of oxazole rings is 1. The number of amides is 1. The Kier molecular flexibility index (Phi) is 6.08. The van der Waals surface area contributed by atoms with E-state index < -0.39 is 0 Å². The molecule has 0 aliphatic carbocycles. The largest absolute Gasteiger partial charge is 0.436 e. The third-order valence-electron chi connectivity index (χ3n) is 7.13. The maximum Gasteiger partial charge on any atom is 0.227 e. The van der Waals surface area contributed by atoms with Gasteiger partial charge in [-0.15, -0.1) is 10.2 Å². The van der Waals surface area contributed by atoms with Gasteiger partial charge in [0, 0.05) is 49.4 Å². The van der Waals surface area contributed by atoms with Crippen LogP contribution >= 0.6 is 0 Å². The summed E-state index contributed by atoms with van der Waals surface area (Å²) in [6.07, 6.45) is 4.42. The average Bonchev–Trinajstić information content (AvgIpc) is 3.71. The first-order chi connectivity index (χ1) is 20.0. The molecule has 0 radical (unpaired) electrons. The lowest BCUT2D eigenvalue weighted by molar-refractivity contribution is -0.114. The minimum Gasteiger partial charge on any atom is -0.436 e. The van der Waals surface area contributed by atoms with Gasteiger partial charge in [0.05, 0.1) is 25.0 Å². The molecule has 1 aliphatic heterocycles. The Bertz CT molecular complexity index is 1870. The topological polar surface area (TPSA) is 133 Å². The SMILES string of the molecule is CC(=O)Nc1ccc2oc(-c3ccnc(-n4ncc5c4CCN(C(c4ccccc4)c4nnn(C)n4)C5)c3)nc2c1. The van der Waals surface area contributed by atoms with Crippen molar-refractivity contribution < 1.29 is 9.21 Å². The number of anilines is 1. The highest BCUT2D eigenvalue weighted by atomic mass is 16.3. The van der Waals surface area contributed by atoms with Crippen LogP contribution in [0.5, 0.6) is 0 Å². The highest BCUT2D eigenvalue weighted by molar-refractivity contribution is 5.91. The van der Waals surface area contributed by atoms with Crippen molar-refractivity contribution in [3.63, 3.8) is 0 Å². The van der Waals surface area contributed by atoms with E-state index >= 15 is 0 Å². The molecule has 0 fully saturated rings. The highest BCUT2D eigenvalue weighted by Gasteiger charge is 2.31. The Hall–Kier alpha value is -5.23. The lowest BCUT2D eigenvalue weighted by Gasteiger charge is -2.33. The quantitative estimate of drug-likeness (QED) is 0.332. The number of hydrogen-bond acceptors (Lipinski definition) is 9. The molecule has 41 heavy (non-hydrogen) atoms. The van der Waals surface area contributed by atoms with Crippen molar-refractivity contribution in [3.05, 3.63) is 95.7 Å². The van der Waals surface area contributed by atoms with E-state index in [1.165, 1.54) is 11.7 Å². The van der Waals surface area contributed by atoms with Crippen LogP contribution in [-0.4, -0.2) is 57.3 Å². The second-order valence-corrected chi connectivity index (χ2v) is 9.98. The van der Waals surface area contributed by atoms with Gasteiger partial charge < -0.3 is 9.73 Å². The number of aryl methyl sites for hydroxylation is 1. The molecule has 0 saturated heterocycles. The van der Waals surface area contributed by atoms with Crippen molar-refractivity contribution in [2.24, 2.45) is 7.05 Å². The summed E-state index contributed by atoms with van der Waals surface area (Å²) in [7, 11) is 1.78. The third-order valence-corrected chi connectivity index (χ3v) is 7.13. The molecule has 1 N–H and O–H groups in total. The summed E-state index contributed by atoms with van der Waals surface area (Å²) in [6.45, 7) is 2.95. The van der Waals surface area contributed by atoms with Crippen LogP contribution in [0.4, 0.5) is 5.69 Å². The molecule has 6 aromatic rings. The molecule has 4 aromatic heterocycles. The molecule has 2 aromatic carbocycles. The average molecular weight is 547 g/mol. The molecule has 1 unspecified atom stereocenters. The van der Waals surface area contributed by atoms with E-state index in [-0.39, 0.29) is 11.9 Å². The molecule has 12 nitrogen and oxygen atoms in total. The first-order valence-corrected chi connectivity index (χ1v) is 13.3. The number of aromatic nitrogens is 8. The predicted octanol–water partition coefficient (Wildman–Crippen LogP) is 3.71. The maximum atomic E-state index is 11.4. The van der Waals surface area contributed by atoms with Crippen LogP contribution in [-0.2, 0) is 24.8 Å². The number of pyridine rings is 1. The van der Waals surface area contributed by atoms with Crippen molar-refractivity contribution in [1.82, 2.24) is 44.9 Å². The van der Waals surface area contributed by atoms with Gasteiger partial charge >= 0.3 is 0 Å². The molecule has 7 rings (SSSR count). The minimum atomic E-state index is -0.140. The highest BCUT2D eigenvalue weighted by Crippen LogP contribution is 2.32. The Balaban J connectivity index is 1.17. The number of carbonyl (C=O) groups is 1. The second-order valence-electron chi connectivity index (χ2n) is 9.98. The standard InChI is InChI=1S/C29H26N10O2/c1-18(40)32-22-8-9-25-23(15-22)33-29(41-25)20-10-12-30-26(14-20)39-24-11-13-38(17-21(24)16-31-39)27(19-6-4-3-5-7-19)28-34-36-37(2)35-28/h3-10,12,14-16,27H,11,13,17H2,1-2H3,(H,32,40). The van der Waals surface area contributed by atoms with E-state index in [2.05, 4.69) is 47.7 Å². The van der Waals surface area contributed by atoms with Crippen LogP contribution in [0.1, 0.15) is 35.6 Å². The fourth-order valence-corrected chi connectivity index (χ4v) is 5.34. The smallest absolute Gasteiger partial charge is 0.227 e. The summed E-state index contributed by atoms with van der Waals surface area (Å²) in [5.74, 6) is 1.69. The fraction of sp³-hybridized carbons (Fsp3) is 0.207. The molecule has 12 heteroatoms. The number of benzene rings is 2. The zero-order valence-corrected chi connectivity index (χ0v) is 22.5. The zero-order chi connectivity index (χ0) is 27.9. The van der Waals surface area contributed by atoms with Crippen molar-refractivity contribution in [2.45, 2.75) is 25.9 Å². The molecular formula is C29H26N10O2. The van der Waals surface area contributed by atoms with Gasteiger partial charge in [-0.05, 0) is 41.1 Å². The Morgan fingerprint density at radius 3 is 2.78 bits per heavy atom. The zero-order valence-electron chi connectivity index (χ0n) is 22.5. The first kappa shape index (κ1) is 24.8. The molecule has 0 bridgehead atoms. The number of hydrogen-bond donors (Lipinski definition) is 1.